The van der Waals surface area contributed by atoms with E-state index >= 15 is 0 Å². The largest absolute Gasteiger partial charge is 0.495 e. The molecule has 0 spiro atoms. The first-order chi connectivity index (χ1) is 14.8. The van der Waals surface area contributed by atoms with E-state index < -0.39 is 0 Å². The van der Waals surface area contributed by atoms with E-state index in [-0.39, 0.29) is 0 Å². The van der Waals surface area contributed by atoms with Crippen LogP contribution >= 0.6 is 0 Å². The average Bonchev–Trinajstić information content (AvgIpc) is 3.40. The van der Waals surface area contributed by atoms with Crippen LogP contribution in [0.15, 0.2) is 40.8 Å². The van der Waals surface area contributed by atoms with E-state index in [9.17, 15) is 0 Å². The van der Waals surface area contributed by atoms with Crippen LogP contribution in [0.25, 0.3) is 22.0 Å². The number of nitrogens with one attached hydrogen (secondary N) is 1. The lowest BCUT2D eigenvalue weighted by Gasteiger charge is -2.29. The number of aromatic amines is 1. The predicted octanol–water partition coefficient (Wildman–Crippen LogP) is 3.72. The molecule has 0 saturated carbocycles. The van der Waals surface area contributed by atoms with Crippen molar-refractivity contribution in [2.45, 2.75) is 13.0 Å². The van der Waals surface area contributed by atoms with Crippen LogP contribution in [0.1, 0.15) is 11.3 Å². The molecule has 0 aliphatic carbocycles. The predicted molar refractivity (Wildman–Crippen MR) is 117 cm³/mol. The van der Waals surface area contributed by atoms with Gasteiger partial charge in [-0.15, -0.1) is 0 Å². The molecule has 2 aromatic heterocycles. The molecule has 4 heterocycles. The van der Waals surface area contributed by atoms with Crippen molar-refractivity contribution in [1.82, 2.24) is 9.97 Å². The summed E-state index contributed by atoms with van der Waals surface area (Å²) >= 11 is 0. The van der Waals surface area contributed by atoms with Gasteiger partial charge in [-0.05, 0) is 24.3 Å². The maximum absolute atomic E-state index is 6.00. The molecule has 1 N–H and O–H groups in total. The summed E-state index contributed by atoms with van der Waals surface area (Å²) in [7, 11) is 1.72. The minimum absolute atomic E-state index is 0.690. The first kappa shape index (κ1) is 17.7. The van der Waals surface area contributed by atoms with E-state index in [1.54, 1.807) is 7.11 Å². The van der Waals surface area contributed by atoms with Crippen molar-refractivity contribution >= 4 is 33.7 Å². The number of hydrogen-bond acceptors (Lipinski definition) is 6. The second-order valence-electron chi connectivity index (χ2n) is 7.88. The molecule has 0 amide bonds. The molecule has 0 unspecified atom stereocenters. The highest BCUT2D eigenvalue weighted by atomic mass is 16.5. The molecule has 0 radical (unpaired) electrons. The first-order valence-corrected chi connectivity index (χ1v) is 10.4. The summed E-state index contributed by atoms with van der Waals surface area (Å²) in [4.78, 5) is 12.9. The molecule has 2 aliphatic heterocycles. The number of hydrogen-bond donors (Lipinski definition) is 1. The topological polar surface area (TPSA) is 66.8 Å². The number of nitrogens with zero attached hydrogens (tertiary/aromatic N) is 3. The number of oxazole rings is 1. The van der Waals surface area contributed by atoms with Gasteiger partial charge in [-0.1, -0.05) is 12.1 Å². The van der Waals surface area contributed by atoms with Gasteiger partial charge in [-0.3, -0.25) is 0 Å². The molecule has 30 heavy (non-hydrogen) atoms. The maximum Gasteiger partial charge on any atom is 0.298 e. The number of para-hydroxylation sites is 1. The van der Waals surface area contributed by atoms with Gasteiger partial charge in [-0.2, -0.15) is 4.98 Å². The van der Waals surface area contributed by atoms with E-state index in [0.29, 0.717) is 6.01 Å². The summed E-state index contributed by atoms with van der Waals surface area (Å²) in [5, 5.41) is 1.24. The number of H-pyrrole nitrogens is 1. The van der Waals surface area contributed by atoms with Gasteiger partial charge in [0.1, 0.15) is 11.3 Å². The van der Waals surface area contributed by atoms with Crippen LogP contribution in [-0.4, -0.2) is 49.9 Å². The van der Waals surface area contributed by atoms with Crippen LogP contribution in [0.2, 0.25) is 0 Å². The Balaban J connectivity index is 1.32. The van der Waals surface area contributed by atoms with Crippen molar-refractivity contribution in [3.63, 3.8) is 0 Å². The minimum Gasteiger partial charge on any atom is -0.495 e. The smallest absolute Gasteiger partial charge is 0.298 e. The fourth-order valence-corrected chi connectivity index (χ4v) is 4.59. The van der Waals surface area contributed by atoms with E-state index in [0.717, 1.165) is 68.2 Å². The zero-order valence-electron chi connectivity index (χ0n) is 17.0. The highest BCUT2D eigenvalue weighted by molar-refractivity contribution is 5.90. The lowest BCUT2D eigenvalue weighted by molar-refractivity contribution is 0.120. The Kier molecular flexibility index (Phi) is 4.09. The van der Waals surface area contributed by atoms with Crippen LogP contribution in [-0.2, 0) is 17.7 Å². The number of morpholine rings is 1. The van der Waals surface area contributed by atoms with Crippen molar-refractivity contribution in [2.75, 3.05) is 49.8 Å². The molecular formula is C23H24N4O3. The summed E-state index contributed by atoms with van der Waals surface area (Å²) in [5.41, 5.74) is 6.66. The Morgan fingerprint density at radius 2 is 1.97 bits per heavy atom. The number of ether oxygens (including phenoxy) is 2. The number of benzene rings is 2. The third kappa shape index (κ3) is 2.81. The normalized spacial score (nSPS) is 17.0. The summed E-state index contributed by atoms with van der Waals surface area (Å²) in [6, 6.07) is 13.2. The molecule has 1 fully saturated rings. The molecule has 2 aromatic carbocycles. The Bertz CT molecular complexity index is 1220. The highest BCUT2D eigenvalue weighted by Gasteiger charge is 2.23. The highest BCUT2D eigenvalue weighted by Crippen LogP contribution is 2.35. The molecule has 2 aliphatic rings. The van der Waals surface area contributed by atoms with Crippen LogP contribution < -0.4 is 14.5 Å². The fraction of sp³-hybridized carbons (Fsp3) is 0.348. The molecule has 7 heteroatoms. The van der Waals surface area contributed by atoms with Crippen LogP contribution in [0.3, 0.4) is 0 Å². The molecule has 4 aromatic rings. The molecule has 1 saturated heterocycles. The molecular weight excluding hydrogens is 380 g/mol. The fourth-order valence-electron chi connectivity index (χ4n) is 4.59. The standard InChI is InChI=1S/C23H24N4O3/c1-28-21-4-2-3-16-17-14-27(8-7-18(17)24-22(16)21)15-5-6-20-19(13-15)25-23(30-20)26-9-11-29-12-10-26/h2-6,13,24H,7-12,14H2,1H3. The summed E-state index contributed by atoms with van der Waals surface area (Å²) in [5.74, 6) is 0.896. The van der Waals surface area contributed by atoms with E-state index in [2.05, 4.69) is 39.0 Å². The van der Waals surface area contributed by atoms with Crippen molar-refractivity contribution < 1.29 is 13.9 Å². The zero-order valence-corrected chi connectivity index (χ0v) is 17.0. The van der Waals surface area contributed by atoms with E-state index in [1.165, 1.54) is 22.3 Å². The van der Waals surface area contributed by atoms with Crippen molar-refractivity contribution in [3.8, 4) is 5.75 Å². The van der Waals surface area contributed by atoms with Crippen molar-refractivity contribution in [2.24, 2.45) is 0 Å². The molecule has 0 bridgehead atoms. The van der Waals surface area contributed by atoms with Gasteiger partial charge in [0.25, 0.3) is 6.01 Å². The first-order valence-electron chi connectivity index (χ1n) is 10.4. The average molecular weight is 404 g/mol. The van der Waals surface area contributed by atoms with Crippen LogP contribution in [0, 0.1) is 0 Å². The van der Waals surface area contributed by atoms with Crippen LogP contribution in [0.4, 0.5) is 11.7 Å². The lowest BCUT2D eigenvalue weighted by Crippen LogP contribution is -2.36. The molecule has 0 atom stereocenters. The second-order valence-corrected chi connectivity index (χ2v) is 7.88. The van der Waals surface area contributed by atoms with Gasteiger partial charge in [0.15, 0.2) is 5.58 Å². The number of rotatable bonds is 3. The number of aromatic nitrogens is 2. The quantitative estimate of drug-likeness (QED) is 0.561. The lowest BCUT2D eigenvalue weighted by atomic mass is 10.0. The SMILES string of the molecule is COc1cccc2c3c([nH]c12)CCN(c1ccc2oc(N4CCOCC4)nc2c1)C3. The third-order valence-electron chi connectivity index (χ3n) is 6.20. The van der Waals surface area contributed by atoms with E-state index in [1.807, 2.05) is 12.1 Å². The monoisotopic (exact) mass is 404 g/mol. The van der Waals surface area contributed by atoms with Gasteiger partial charge >= 0.3 is 0 Å². The Labute approximate surface area is 174 Å². The number of anilines is 2. The minimum atomic E-state index is 0.690. The van der Waals surface area contributed by atoms with Gasteiger partial charge in [0, 0.05) is 54.9 Å². The second kappa shape index (κ2) is 6.95. The van der Waals surface area contributed by atoms with Gasteiger partial charge < -0.3 is 28.7 Å². The summed E-state index contributed by atoms with van der Waals surface area (Å²) in [6.07, 6.45) is 0.975. The van der Waals surface area contributed by atoms with Gasteiger partial charge in [0.05, 0.1) is 25.8 Å². The molecule has 154 valence electrons. The third-order valence-corrected chi connectivity index (χ3v) is 6.20. The zero-order chi connectivity index (χ0) is 20.1. The maximum atomic E-state index is 6.00. The Hall–Kier alpha value is -3.19. The Morgan fingerprint density at radius 1 is 1.07 bits per heavy atom. The Morgan fingerprint density at radius 3 is 2.83 bits per heavy atom. The van der Waals surface area contributed by atoms with Gasteiger partial charge in [0.2, 0.25) is 0 Å². The summed E-state index contributed by atoms with van der Waals surface area (Å²) < 4.78 is 17.0. The number of fused-ring (bicyclic) bond motifs is 4. The summed E-state index contributed by atoms with van der Waals surface area (Å²) in [6.45, 7) is 4.90. The van der Waals surface area contributed by atoms with Crippen molar-refractivity contribution in [3.05, 3.63) is 47.7 Å². The molecule has 6 rings (SSSR count). The van der Waals surface area contributed by atoms with E-state index in [4.69, 9.17) is 18.9 Å². The van der Waals surface area contributed by atoms with Gasteiger partial charge in [-0.25, -0.2) is 0 Å². The number of methoxy groups -OCH3 is 1. The van der Waals surface area contributed by atoms with Crippen LogP contribution in [0.5, 0.6) is 5.75 Å². The van der Waals surface area contributed by atoms with Crippen molar-refractivity contribution in [1.29, 1.82) is 0 Å². The molecule has 7 nitrogen and oxygen atoms in total.